The lowest BCUT2D eigenvalue weighted by Gasteiger charge is -2.16. The number of rotatable bonds is 5. The monoisotopic (exact) mass is 379 g/mol. The highest BCUT2D eigenvalue weighted by Gasteiger charge is 2.22. The summed E-state index contributed by atoms with van der Waals surface area (Å²) >= 11 is 0. The van der Waals surface area contributed by atoms with Crippen LogP contribution in [0, 0.1) is 18.7 Å². The van der Waals surface area contributed by atoms with Crippen LogP contribution in [0.3, 0.4) is 0 Å². The topological polar surface area (TPSA) is 70.9 Å². The van der Waals surface area contributed by atoms with Crippen molar-refractivity contribution in [3.05, 3.63) is 65.4 Å². The molecule has 5 nitrogen and oxygen atoms in total. The van der Waals surface area contributed by atoms with Crippen molar-refractivity contribution in [1.82, 2.24) is 15.3 Å². The number of fused-ring (bicyclic) bond motifs is 2. The highest BCUT2D eigenvalue weighted by molar-refractivity contribution is 5.83. The highest BCUT2D eigenvalue weighted by atomic mass is 19.1. The number of halogens is 1. The smallest absolute Gasteiger partial charge is 0.223 e. The molecule has 1 amide bonds. The van der Waals surface area contributed by atoms with E-state index in [4.69, 9.17) is 4.42 Å². The van der Waals surface area contributed by atoms with Gasteiger partial charge in [-0.15, -0.1) is 0 Å². The standard InChI is InChI=1S/C22H22FN3O2/c1-12(10-20-25-17-6-4-5-7-18(17)26-20)22(27)24-14(3)21-13(2)16-11-15(23)8-9-19(16)28-21/h4-9,11-12,14H,10H2,1-3H3,(H,24,27)(H,25,26)/t12-,14+/m0/s1. The van der Waals surface area contributed by atoms with E-state index in [9.17, 15) is 9.18 Å². The zero-order chi connectivity index (χ0) is 19.8. The summed E-state index contributed by atoms with van der Waals surface area (Å²) in [5.41, 5.74) is 3.31. The van der Waals surface area contributed by atoms with E-state index in [1.165, 1.54) is 12.1 Å². The molecule has 6 heteroatoms. The molecule has 4 aromatic rings. The third kappa shape index (κ3) is 3.38. The normalized spacial score (nSPS) is 13.7. The molecule has 2 aromatic carbocycles. The molecule has 28 heavy (non-hydrogen) atoms. The number of aromatic nitrogens is 2. The lowest BCUT2D eigenvalue weighted by molar-refractivity contribution is -0.125. The van der Waals surface area contributed by atoms with Crippen molar-refractivity contribution in [2.75, 3.05) is 0 Å². The van der Waals surface area contributed by atoms with Crippen LogP contribution in [-0.2, 0) is 11.2 Å². The molecule has 0 aliphatic rings. The number of benzene rings is 2. The Morgan fingerprint density at radius 3 is 2.82 bits per heavy atom. The molecule has 0 spiro atoms. The third-order valence-electron chi connectivity index (χ3n) is 5.07. The van der Waals surface area contributed by atoms with Gasteiger partial charge >= 0.3 is 0 Å². The second-order valence-corrected chi connectivity index (χ2v) is 7.27. The second kappa shape index (κ2) is 7.11. The Morgan fingerprint density at radius 2 is 2.04 bits per heavy atom. The van der Waals surface area contributed by atoms with Crippen molar-refractivity contribution in [2.24, 2.45) is 5.92 Å². The van der Waals surface area contributed by atoms with Crippen LogP contribution in [-0.4, -0.2) is 15.9 Å². The number of para-hydroxylation sites is 2. The number of nitrogens with zero attached hydrogens (tertiary/aromatic N) is 1. The van der Waals surface area contributed by atoms with E-state index in [-0.39, 0.29) is 23.7 Å². The summed E-state index contributed by atoms with van der Waals surface area (Å²) in [7, 11) is 0. The van der Waals surface area contributed by atoms with Gasteiger partial charge in [0, 0.05) is 23.3 Å². The predicted molar refractivity (Wildman–Crippen MR) is 106 cm³/mol. The van der Waals surface area contributed by atoms with Gasteiger partial charge in [0.1, 0.15) is 23.0 Å². The number of nitrogens with one attached hydrogen (secondary N) is 2. The molecule has 2 heterocycles. The Bertz CT molecular complexity index is 1130. The molecule has 2 aromatic heterocycles. The number of H-pyrrole nitrogens is 1. The highest BCUT2D eigenvalue weighted by Crippen LogP contribution is 2.30. The quantitative estimate of drug-likeness (QED) is 0.523. The number of amides is 1. The summed E-state index contributed by atoms with van der Waals surface area (Å²) < 4.78 is 19.4. The van der Waals surface area contributed by atoms with E-state index in [0.717, 1.165) is 27.8 Å². The SMILES string of the molecule is Cc1c([C@@H](C)NC(=O)[C@@H](C)Cc2nc3ccccc3[nH]2)oc2ccc(F)cc12. The van der Waals surface area contributed by atoms with Gasteiger partial charge in [-0.3, -0.25) is 4.79 Å². The maximum Gasteiger partial charge on any atom is 0.223 e. The van der Waals surface area contributed by atoms with Gasteiger partial charge in [0.15, 0.2) is 0 Å². The van der Waals surface area contributed by atoms with Crippen molar-refractivity contribution in [3.63, 3.8) is 0 Å². The minimum absolute atomic E-state index is 0.0843. The number of carbonyl (C=O) groups excluding carboxylic acids is 1. The van der Waals surface area contributed by atoms with Crippen LogP contribution in [0.2, 0.25) is 0 Å². The Morgan fingerprint density at radius 1 is 1.25 bits per heavy atom. The first-order chi connectivity index (χ1) is 13.4. The van der Waals surface area contributed by atoms with Crippen molar-refractivity contribution < 1.29 is 13.6 Å². The van der Waals surface area contributed by atoms with Gasteiger partial charge in [0.2, 0.25) is 5.91 Å². The molecule has 2 atom stereocenters. The zero-order valence-corrected chi connectivity index (χ0v) is 16.0. The third-order valence-corrected chi connectivity index (χ3v) is 5.07. The number of imidazole rings is 1. The lowest BCUT2D eigenvalue weighted by atomic mass is 10.0. The zero-order valence-electron chi connectivity index (χ0n) is 16.0. The van der Waals surface area contributed by atoms with Crippen molar-refractivity contribution in [1.29, 1.82) is 0 Å². The molecule has 0 aliphatic carbocycles. The van der Waals surface area contributed by atoms with Crippen LogP contribution in [0.5, 0.6) is 0 Å². The molecular weight excluding hydrogens is 357 g/mol. The fourth-order valence-electron chi connectivity index (χ4n) is 3.53. The fourth-order valence-corrected chi connectivity index (χ4v) is 3.53. The lowest BCUT2D eigenvalue weighted by Crippen LogP contribution is -2.32. The predicted octanol–water partition coefficient (Wildman–Crippen LogP) is 4.81. The van der Waals surface area contributed by atoms with Gasteiger partial charge in [0.05, 0.1) is 17.1 Å². The largest absolute Gasteiger partial charge is 0.459 e. The van der Waals surface area contributed by atoms with Crippen LogP contribution in [0.15, 0.2) is 46.9 Å². The Labute approximate surface area is 162 Å². The molecule has 0 bridgehead atoms. The van der Waals surface area contributed by atoms with Crippen molar-refractivity contribution in [3.8, 4) is 0 Å². The van der Waals surface area contributed by atoms with Crippen LogP contribution in [0.4, 0.5) is 4.39 Å². The number of carbonyl (C=O) groups is 1. The van der Waals surface area contributed by atoms with E-state index in [2.05, 4.69) is 15.3 Å². The minimum atomic E-state index is -0.318. The van der Waals surface area contributed by atoms with Gasteiger partial charge in [-0.1, -0.05) is 19.1 Å². The van der Waals surface area contributed by atoms with Gasteiger partial charge in [0.25, 0.3) is 0 Å². The van der Waals surface area contributed by atoms with E-state index in [0.29, 0.717) is 17.8 Å². The molecule has 0 aliphatic heterocycles. The van der Waals surface area contributed by atoms with Crippen molar-refractivity contribution >= 4 is 27.9 Å². The summed E-state index contributed by atoms with van der Waals surface area (Å²) in [6.07, 6.45) is 0.511. The average molecular weight is 379 g/mol. The Kier molecular flexibility index (Phi) is 4.63. The number of furan rings is 1. The maximum atomic E-state index is 13.5. The molecule has 0 unspecified atom stereocenters. The van der Waals surface area contributed by atoms with Crippen LogP contribution in [0.25, 0.3) is 22.0 Å². The van der Waals surface area contributed by atoms with Crippen LogP contribution < -0.4 is 5.32 Å². The summed E-state index contributed by atoms with van der Waals surface area (Å²) in [6, 6.07) is 11.9. The number of hydrogen-bond donors (Lipinski definition) is 2. The van der Waals surface area contributed by atoms with Crippen LogP contribution >= 0.6 is 0 Å². The van der Waals surface area contributed by atoms with E-state index in [1.807, 2.05) is 45.0 Å². The van der Waals surface area contributed by atoms with Gasteiger partial charge < -0.3 is 14.7 Å². The van der Waals surface area contributed by atoms with Gasteiger partial charge in [-0.05, 0) is 44.2 Å². The van der Waals surface area contributed by atoms with E-state index in [1.54, 1.807) is 6.07 Å². The maximum absolute atomic E-state index is 13.5. The second-order valence-electron chi connectivity index (χ2n) is 7.27. The molecule has 2 N–H and O–H groups in total. The summed E-state index contributed by atoms with van der Waals surface area (Å²) in [4.78, 5) is 20.5. The van der Waals surface area contributed by atoms with Crippen LogP contribution in [0.1, 0.15) is 37.0 Å². The minimum Gasteiger partial charge on any atom is -0.459 e. The molecule has 0 saturated carbocycles. The Hall–Kier alpha value is -3.15. The first-order valence-corrected chi connectivity index (χ1v) is 9.35. The van der Waals surface area contributed by atoms with Crippen molar-refractivity contribution in [2.45, 2.75) is 33.2 Å². The summed E-state index contributed by atoms with van der Waals surface area (Å²) in [6.45, 7) is 5.62. The van der Waals surface area contributed by atoms with Gasteiger partial charge in [-0.25, -0.2) is 9.37 Å². The fraction of sp³-hybridized carbons (Fsp3) is 0.273. The number of hydrogen-bond acceptors (Lipinski definition) is 3. The summed E-state index contributed by atoms with van der Waals surface area (Å²) in [5, 5.41) is 3.73. The molecular formula is C22H22FN3O2. The summed E-state index contributed by atoms with van der Waals surface area (Å²) in [5.74, 6) is 0.778. The molecule has 144 valence electrons. The first-order valence-electron chi connectivity index (χ1n) is 9.35. The molecule has 0 saturated heterocycles. The first kappa shape index (κ1) is 18.2. The number of aromatic amines is 1. The Balaban J connectivity index is 1.47. The van der Waals surface area contributed by atoms with Gasteiger partial charge in [-0.2, -0.15) is 0 Å². The van der Waals surface area contributed by atoms with E-state index < -0.39 is 0 Å². The van der Waals surface area contributed by atoms with E-state index >= 15 is 0 Å². The number of aryl methyl sites for hydroxylation is 1. The average Bonchev–Trinajstić information content (AvgIpc) is 3.22. The molecule has 4 rings (SSSR count). The molecule has 0 fully saturated rings. The molecule has 0 radical (unpaired) electrons.